The minimum Gasteiger partial charge on any atom is -0.383 e. The van der Waals surface area contributed by atoms with E-state index in [-0.39, 0.29) is 6.04 Å². The number of hydrogen-bond donors (Lipinski definition) is 1. The Morgan fingerprint density at radius 3 is 2.63 bits per heavy atom. The molecule has 1 unspecified atom stereocenters. The van der Waals surface area contributed by atoms with Gasteiger partial charge < -0.3 is 10.1 Å². The zero-order chi connectivity index (χ0) is 13.5. The number of hydrogen-bond acceptors (Lipinski definition) is 3. The van der Waals surface area contributed by atoms with Crippen molar-refractivity contribution < 1.29 is 4.74 Å². The Morgan fingerprint density at radius 1 is 1.16 bits per heavy atom. The Kier molecular flexibility index (Phi) is 5.07. The van der Waals surface area contributed by atoms with Crippen LogP contribution >= 0.6 is 0 Å². The Labute approximate surface area is 114 Å². The van der Waals surface area contributed by atoms with Crippen LogP contribution in [0.2, 0.25) is 0 Å². The van der Waals surface area contributed by atoms with E-state index < -0.39 is 0 Å². The van der Waals surface area contributed by atoms with Crippen molar-refractivity contribution in [3.63, 3.8) is 0 Å². The van der Waals surface area contributed by atoms with Crippen LogP contribution in [0.5, 0.6) is 0 Å². The number of rotatable bonds is 6. The molecule has 0 amide bonds. The fourth-order valence-electron chi connectivity index (χ4n) is 2.05. The maximum Gasteiger partial charge on any atom is 0.0657 e. The number of aromatic nitrogens is 1. The fraction of sp³-hybridized carbons (Fsp3) is 0.312. The molecule has 0 spiro atoms. The highest BCUT2D eigenvalue weighted by molar-refractivity contribution is 5.21. The maximum atomic E-state index is 5.29. The van der Waals surface area contributed by atoms with Gasteiger partial charge in [-0.3, -0.25) is 4.98 Å². The number of nitrogens with one attached hydrogen (secondary N) is 1. The second-order valence-corrected chi connectivity index (χ2v) is 4.57. The van der Waals surface area contributed by atoms with Crippen LogP contribution in [-0.2, 0) is 11.3 Å². The average molecular weight is 256 g/mol. The Bertz CT molecular complexity index is 499. The average Bonchev–Trinajstić information content (AvgIpc) is 2.46. The summed E-state index contributed by atoms with van der Waals surface area (Å²) in [6.45, 7) is 3.48. The molecular weight excluding hydrogens is 236 g/mol. The topological polar surface area (TPSA) is 34.1 Å². The van der Waals surface area contributed by atoms with Gasteiger partial charge in [-0.15, -0.1) is 0 Å². The van der Waals surface area contributed by atoms with E-state index in [4.69, 9.17) is 4.74 Å². The normalized spacial score (nSPS) is 12.3. The summed E-state index contributed by atoms with van der Waals surface area (Å²) in [7, 11) is 1.73. The summed E-state index contributed by atoms with van der Waals surface area (Å²) in [5, 5.41) is 3.51. The molecule has 19 heavy (non-hydrogen) atoms. The third-order valence-electron chi connectivity index (χ3n) is 3.17. The number of nitrogens with zero attached hydrogens (tertiary/aromatic N) is 1. The highest BCUT2D eigenvalue weighted by Crippen LogP contribution is 2.14. The first-order chi connectivity index (χ1) is 9.31. The van der Waals surface area contributed by atoms with Gasteiger partial charge in [0.1, 0.15) is 0 Å². The molecule has 0 saturated carbocycles. The third kappa shape index (κ3) is 3.88. The summed E-state index contributed by atoms with van der Waals surface area (Å²) in [6, 6.07) is 14.6. The predicted molar refractivity (Wildman–Crippen MR) is 76.9 cm³/mol. The Hall–Kier alpha value is -1.71. The molecule has 3 heteroatoms. The van der Waals surface area contributed by atoms with E-state index in [0.29, 0.717) is 6.61 Å². The summed E-state index contributed by atoms with van der Waals surface area (Å²) in [6.07, 6.45) is 1.83. The summed E-state index contributed by atoms with van der Waals surface area (Å²) >= 11 is 0. The first kappa shape index (κ1) is 13.7. The highest BCUT2D eigenvalue weighted by Gasteiger charge is 2.11. The second-order valence-electron chi connectivity index (χ2n) is 4.57. The molecule has 100 valence electrons. The largest absolute Gasteiger partial charge is 0.383 e. The smallest absolute Gasteiger partial charge is 0.0657 e. The summed E-state index contributed by atoms with van der Waals surface area (Å²) < 4.78 is 5.29. The van der Waals surface area contributed by atoms with Crippen molar-refractivity contribution in [2.45, 2.75) is 19.5 Å². The molecule has 0 bridgehead atoms. The molecule has 1 aromatic heterocycles. The lowest BCUT2D eigenvalue weighted by molar-refractivity contribution is 0.166. The molecule has 0 fully saturated rings. The van der Waals surface area contributed by atoms with Gasteiger partial charge in [0.15, 0.2) is 0 Å². The molecular formula is C16H20N2O. The van der Waals surface area contributed by atoms with Crippen molar-refractivity contribution in [3.05, 3.63) is 65.5 Å². The predicted octanol–water partition coefficient (Wildman–Crippen LogP) is 2.87. The molecule has 3 nitrogen and oxygen atoms in total. The van der Waals surface area contributed by atoms with Crippen molar-refractivity contribution in [2.75, 3.05) is 13.7 Å². The number of ether oxygens (including phenoxy) is 1. The summed E-state index contributed by atoms with van der Waals surface area (Å²) in [5.74, 6) is 0. The molecule has 2 aromatic rings. The molecule has 0 aliphatic rings. The van der Waals surface area contributed by atoms with Gasteiger partial charge in [-0.1, -0.05) is 36.4 Å². The molecule has 0 radical (unpaired) electrons. The van der Waals surface area contributed by atoms with Crippen molar-refractivity contribution in [1.29, 1.82) is 0 Å². The monoisotopic (exact) mass is 256 g/mol. The fourth-order valence-corrected chi connectivity index (χ4v) is 2.05. The maximum absolute atomic E-state index is 5.29. The zero-order valence-corrected chi connectivity index (χ0v) is 11.5. The third-order valence-corrected chi connectivity index (χ3v) is 3.17. The second kappa shape index (κ2) is 7.02. The van der Waals surface area contributed by atoms with Crippen LogP contribution in [0.15, 0.2) is 48.7 Å². The summed E-state index contributed by atoms with van der Waals surface area (Å²) in [5.41, 5.74) is 3.52. The van der Waals surface area contributed by atoms with Crippen LogP contribution in [0.1, 0.15) is 22.9 Å². The first-order valence-electron chi connectivity index (χ1n) is 6.49. The lowest BCUT2D eigenvalue weighted by atomic mass is 10.1. The minimum absolute atomic E-state index is 0.188. The van der Waals surface area contributed by atoms with Crippen LogP contribution in [0.3, 0.4) is 0 Å². The standard InChI is InChI=1S/C16H20N2O/c1-13-7-6-10-17-15(13)11-18-16(12-19-2)14-8-4-3-5-9-14/h3-10,16,18H,11-12H2,1-2H3. The van der Waals surface area contributed by atoms with E-state index in [9.17, 15) is 0 Å². The molecule has 1 heterocycles. The van der Waals surface area contributed by atoms with Crippen molar-refractivity contribution in [2.24, 2.45) is 0 Å². The molecule has 0 aliphatic carbocycles. The van der Waals surface area contributed by atoms with Crippen molar-refractivity contribution >= 4 is 0 Å². The van der Waals surface area contributed by atoms with Gasteiger partial charge in [0.25, 0.3) is 0 Å². The molecule has 0 aliphatic heterocycles. The van der Waals surface area contributed by atoms with Crippen LogP contribution < -0.4 is 5.32 Å². The summed E-state index contributed by atoms with van der Waals surface area (Å²) in [4.78, 5) is 4.40. The highest BCUT2D eigenvalue weighted by atomic mass is 16.5. The lowest BCUT2D eigenvalue weighted by Gasteiger charge is -2.18. The molecule has 1 atom stereocenters. The van der Waals surface area contributed by atoms with Crippen LogP contribution in [0.25, 0.3) is 0 Å². The molecule has 1 N–H and O–H groups in total. The lowest BCUT2D eigenvalue weighted by Crippen LogP contribution is -2.25. The van der Waals surface area contributed by atoms with Crippen LogP contribution in [0.4, 0.5) is 0 Å². The Morgan fingerprint density at radius 2 is 1.95 bits per heavy atom. The van der Waals surface area contributed by atoms with Gasteiger partial charge in [0, 0.05) is 19.9 Å². The SMILES string of the molecule is COCC(NCc1ncccc1C)c1ccccc1. The van der Waals surface area contributed by atoms with Crippen molar-refractivity contribution in [3.8, 4) is 0 Å². The van der Waals surface area contributed by atoms with E-state index in [1.165, 1.54) is 11.1 Å². The van der Waals surface area contributed by atoms with Gasteiger partial charge in [-0.2, -0.15) is 0 Å². The molecule has 2 rings (SSSR count). The molecule has 0 saturated heterocycles. The molecule has 1 aromatic carbocycles. The van der Waals surface area contributed by atoms with Gasteiger partial charge in [-0.05, 0) is 24.1 Å². The number of pyridine rings is 1. The number of methoxy groups -OCH3 is 1. The number of benzene rings is 1. The van der Waals surface area contributed by atoms with E-state index in [2.05, 4.69) is 35.4 Å². The van der Waals surface area contributed by atoms with Gasteiger partial charge in [-0.25, -0.2) is 0 Å². The quantitative estimate of drug-likeness (QED) is 0.863. The van der Waals surface area contributed by atoms with E-state index in [0.717, 1.165) is 12.2 Å². The van der Waals surface area contributed by atoms with Crippen LogP contribution in [-0.4, -0.2) is 18.7 Å². The van der Waals surface area contributed by atoms with E-state index in [1.807, 2.05) is 30.5 Å². The number of aryl methyl sites for hydroxylation is 1. The van der Waals surface area contributed by atoms with E-state index >= 15 is 0 Å². The zero-order valence-electron chi connectivity index (χ0n) is 11.5. The van der Waals surface area contributed by atoms with Gasteiger partial charge in [0.05, 0.1) is 18.3 Å². The first-order valence-corrected chi connectivity index (χ1v) is 6.49. The van der Waals surface area contributed by atoms with Crippen LogP contribution in [0, 0.1) is 6.92 Å². The van der Waals surface area contributed by atoms with Crippen molar-refractivity contribution in [1.82, 2.24) is 10.3 Å². The Balaban J connectivity index is 2.04. The van der Waals surface area contributed by atoms with Gasteiger partial charge in [0.2, 0.25) is 0 Å². The minimum atomic E-state index is 0.188. The van der Waals surface area contributed by atoms with E-state index in [1.54, 1.807) is 7.11 Å². The van der Waals surface area contributed by atoms with Gasteiger partial charge >= 0.3 is 0 Å².